The van der Waals surface area contributed by atoms with Gasteiger partial charge >= 0.3 is 5.97 Å². The number of fused-ring (bicyclic) bond motifs is 2. The maximum absolute atomic E-state index is 12.9. The average Bonchev–Trinajstić information content (AvgIpc) is 3.48. The molecule has 2 saturated heterocycles. The molecule has 2 aliphatic rings. The number of aliphatic hydroxyl groups excluding tert-OH is 2. The molecular weight excluding hydrogens is 496 g/mol. The summed E-state index contributed by atoms with van der Waals surface area (Å²) in [6.45, 7) is 6.15. The summed E-state index contributed by atoms with van der Waals surface area (Å²) in [5.74, 6) is -0.472. The van der Waals surface area contributed by atoms with Crippen LogP contribution in [0.5, 0.6) is 0 Å². The van der Waals surface area contributed by atoms with Gasteiger partial charge in [0.1, 0.15) is 17.8 Å². The Hall–Kier alpha value is -2.81. The van der Waals surface area contributed by atoms with E-state index >= 15 is 0 Å². The fourth-order valence-electron chi connectivity index (χ4n) is 6.21. The van der Waals surface area contributed by atoms with Gasteiger partial charge < -0.3 is 24.1 Å². The van der Waals surface area contributed by atoms with E-state index in [9.17, 15) is 15.0 Å². The largest absolute Gasteiger partial charge is 0.455 e. The maximum Gasteiger partial charge on any atom is 0.338 e. The topological polar surface area (TPSA) is 85.2 Å². The number of ether oxygens (including phenoxy) is 2. The SMILES string of the molecule is CC(C)(C)[Si](O[C@H]1C[C@@]2([C@H](O)CO)O[C@@H]1C[C@@H]2OC(=O)c1ccccc1)(c1ccccc1)c1ccccc1. The summed E-state index contributed by atoms with van der Waals surface area (Å²) in [4.78, 5) is 12.9. The van der Waals surface area contributed by atoms with Crippen LogP contribution >= 0.6 is 0 Å². The second-order valence-electron chi connectivity index (χ2n) is 11.3. The molecule has 200 valence electrons. The van der Waals surface area contributed by atoms with E-state index in [1.54, 1.807) is 24.3 Å². The Kier molecular flexibility index (Phi) is 7.33. The number of hydrogen-bond donors (Lipinski definition) is 2. The van der Waals surface area contributed by atoms with Gasteiger partial charge in [-0.15, -0.1) is 0 Å². The van der Waals surface area contributed by atoms with E-state index in [1.165, 1.54) is 0 Å². The first kappa shape index (κ1) is 26.8. The van der Waals surface area contributed by atoms with Gasteiger partial charge in [0.05, 0.1) is 24.4 Å². The molecule has 0 aromatic heterocycles. The molecule has 0 unspecified atom stereocenters. The van der Waals surface area contributed by atoms with Crippen molar-refractivity contribution in [2.24, 2.45) is 0 Å². The first-order valence-corrected chi connectivity index (χ1v) is 15.1. The summed E-state index contributed by atoms with van der Waals surface area (Å²) >= 11 is 0. The van der Waals surface area contributed by atoms with E-state index in [-0.39, 0.29) is 17.2 Å². The molecule has 2 aliphatic heterocycles. The van der Waals surface area contributed by atoms with Crippen LogP contribution in [-0.4, -0.2) is 61.1 Å². The normalized spacial score (nSPS) is 25.8. The van der Waals surface area contributed by atoms with Crippen LogP contribution in [0, 0.1) is 0 Å². The molecule has 3 aromatic rings. The first-order chi connectivity index (χ1) is 18.2. The molecule has 3 aromatic carbocycles. The van der Waals surface area contributed by atoms with Crippen LogP contribution in [0.2, 0.25) is 5.04 Å². The zero-order valence-electron chi connectivity index (χ0n) is 22.1. The molecule has 5 rings (SSSR count). The van der Waals surface area contributed by atoms with E-state index in [0.717, 1.165) is 10.4 Å². The van der Waals surface area contributed by atoms with E-state index in [4.69, 9.17) is 13.9 Å². The summed E-state index contributed by atoms with van der Waals surface area (Å²) in [5.41, 5.74) is -0.802. The quantitative estimate of drug-likeness (QED) is 0.342. The molecule has 38 heavy (non-hydrogen) atoms. The molecular formula is C31H36O6Si. The molecule has 2 fully saturated rings. The molecule has 0 aliphatic carbocycles. The van der Waals surface area contributed by atoms with Crippen molar-refractivity contribution in [3.8, 4) is 0 Å². The summed E-state index contributed by atoms with van der Waals surface area (Å²) in [6, 6.07) is 29.5. The Morgan fingerprint density at radius 2 is 1.50 bits per heavy atom. The minimum absolute atomic E-state index is 0.223. The van der Waals surface area contributed by atoms with Crippen molar-refractivity contribution in [2.75, 3.05) is 6.61 Å². The summed E-state index contributed by atoms with van der Waals surface area (Å²) in [7, 11) is -2.87. The number of esters is 1. The van der Waals surface area contributed by atoms with Crippen molar-refractivity contribution < 1.29 is 28.9 Å². The van der Waals surface area contributed by atoms with Gasteiger partial charge in [-0.3, -0.25) is 0 Å². The highest BCUT2D eigenvalue weighted by Crippen LogP contribution is 2.51. The predicted octanol–water partition coefficient (Wildman–Crippen LogP) is 3.44. The van der Waals surface area contributed by atoms with Gasteiger partial charge in [0.15, 0.2) is 0 Å². The third-order valence-electron chi connectivity index (χ3n) is 8.04. The van der Waals surface area contributed by atoms with Crippen molar-refractivity contribution >= 4 is 24.7 Å². The second kappa shape index (κ2) is 10.4. The highest BCUT2D eigenvalue weighted by molar-refractivity contribution is 6.99. The third-order valence-corrected chi connectivity index (χ3v) is 13.1. The van der Waals surface area contributed by atoms with Crippen LogP contribution in [0.25, 0.3) is 0 Å². The van der Waals surface area contributed by atoms with Gasteiger partial charge in [-0.25, -0.2) is 4.79 Å². The fourth-order valence-corrected chi connectivity index (χ4v) is 10.9. The Morgan fingerprint density at radius 3 is 2.00 bits per heavy atom. The average molecular weight is 533 g/mol. The molecule has 0 amide bonds. The monoisotopic (exact) mass is 532 g/mol. The lowest BCUT2D eigenvalue weighted by Gasteiger charge is -2.46. The van der Waals surface area contributed by atoms with Crippen molar-refractivity contribution in [1.82, 2.24) is 0 Å². The zero-order chi connectivity index (χ0) is 27.0. The second-order valence-corrected chi connectivity index (χ2v) is 15.6. The van der Waals surface area contributed by atoms with Crippen molar-refractivity contribution in [3.05, 3.63) is 96.6 Å². The number of rotatable bonds is 8. The summed E-state index contributed by atoms with van der Waals surface area (Å²) in [6.07, 6.45) is -1.93. The van der Waals surface area contributed by atoms with E-state index in [1.807, 2.05) is 42.5 Å². The number of benzene rings is 3. The predicted molar refractivity (Wildman–Crippen MR) is 148 cm³/mol. The number of carbonyl (C=O) groups excluding carboxylic acids is 1. The van der Waals surface area contributed by atoms with Gasteiger partial charge in [-0.2, -0.15) is 0 Å². The van der Waals surface area contributed by atoms with E-state index in [0.29, 0.717) is 18.4 Å². The summed E-state index contributed by atoms with van der Waals surface area (Å²) in [5, 5.41) is 23.1. The van der Waals surface area contributed by atoms with Gasteiger partial charge in [-0.1, -0.05) is 99.6 Å². The molecule has 6 nitrogen and oxygen atoms in total. The highest BCUT2D eigenvalue weighted by Gasteiger charge is 2.65. The number of aliphatic hydroxyl groups is 2. The number of carbonyl (C=O) groups is 1. The van der Waals surface area contributed by atoms with Gasteiger partial charge in [-0.05, 0) is 27.5 Å². The van der Waals surface area contributed by atoms with Crippen LogP contribution < -0.4 is 10.4 Å². The van der Waals surface area contributed by atoms with E-state index < -0.39 is 38.7 Å². The van der Waals surface area contributed by atoms with Crippen LogP contribution in [0.1, 0.15) is 44.0 Å². The van der Waals surface area contributed by atoms with Crippen LogP contribution in [0.15, 0.2) is 91.0 Å². The minimum atomic E-state index is -2.87. The summed E-state index contributed by atoms with van der Waals surface area (Å²) < 4.78 is 19.6. The molecule has 7 heteroatoms. The van der Waals surface area contributed by atoms with Crippen molar-refractivity contribution in [2.45, 2.75) is 68.7 Å². The first-order valence-electron chi connectivity index (χ1n) is 13.2. The molecule has 2 bridgehead atoms. The van der Waals surface area contributed by atoms with Crippen LogP contribution in [0.3, 0.4) is 0 Å². The van der Waals surface area contributed by atoms with Crippen LogP contribution in [0.4, 0.5) is 0 Å². The maximum atomic E-state index is 12.9. The molecule has 2 heterocycles. The Bertz CT molecular complexity index is 1190. The van der Waals surface area contributed by atoms with Gasteiger partial charge in [0.25, 0.3) is 8.32 Å². The molecule has 0 spiro atoms. The Balaban J connectivity index is 1.49. The Labute approximate surface area is 225 Å². The van der Waals surface area contributed by atoms with Gasteiger partial charge in [0.2, 0.25) is 0 Å². The third kappa shape index (κ3) is 4.52. The van der Waals surface area contributed by atoms with Crippen molar-refractivity contribution in [3.63, 3.8) is 0 Å². The van der Waals surface area contributed by atoms with Crippen LogP contribution in [-0.2, 0) is 13.9 Å². The fraction of sp³-hybridized carbons (Fsp3) is 0.387. The lowest BCUT2D eigenvalue weighted by atomic mass is 9.80. The molecule has 0 saturated carbocycles. The highest BCUT2D eigenvalue weighted by atomic mass is 28.4. The molecule has 2 N–H and O–H groups in total. The molecule has 0 radical (unpaired) electrons. The lowest BCUT2D eigenvalue weighted by Crippen LogP contribution is -2.68. The number of hydrogen-bond acceptors (Lipinski definition) is 6. The zero-order valence-corrected chi connectivity index (χ0v) is 23.1. The Morgan fingerprint density at radius 1 is 0.974 bits per heavy atom. The van der Waals surface area contributed by atoms with E-state index in [2.05, 4.69) is 45.0 Å². The lowest BCUT2D eigenvalue weighted by molar-refractivity contribution is -0.137. The molecule has 5 atom stereocenters. The van der Waals surface area contributed by atoms with Gasteiger partial charge in [0, 0.05) is 12.8 Å². The standard InChI is InChI=1S/C31H36O6Si/c1-30(2,3)38(23-15-9-5-10-16-23,24-17-11-6-12-18-24)37-26-20-31(27(33)21-32)28(19-25(26)36-31)35-29(34)22-13-7-4-8-14-22/h4-18,25-28,32-33H,19-21H2,1-3H3/t25-,26+,27-,28+,31+/m1/s1. The van der Waals surface area contributed by atoms with Crippen molar-refractivity contribution in [1.29, 1.82) is 0 Å². The smallest absolute Gasteiger partial charge is 0.338 e. The minimum Gasteiger partial charge on any atom is -0.455 e.